The minimum Gasteiger partial charge on any atom is -0.395 e. The molecule has 156 valence electrons. The molecule has 4 nitrogen and oxygen atoms in total. The van der Waals surface area contributed by atoms with Crippen molar-refractivity contribution in [2.24, 2.45) is 7.05 Å². The molecule has 0 aliphatic carbocycles. The molecule has 4 heteroatoms. The van der Waals surface area contributed by atoms with Crippen LogP contribution in [0.3, 0.4) is 0 Å². The highest BCUT2D eigenvalue weighted by molar-refractivity contribution is 6.20. The van der Waals surface area contributed by atoms with Gasteiger partial charge in [0.05, 0.1) is 18.8 Å². The summed E-state index contributed by atoms with van der Waals surface area (Å²) in [4.78, 5) is 0. The SMILES string of the molecule is Cn1c2ccc(CN[C@@H](CO)[C@@H](O)c3ccccc3)cc2c2c3ccccc3ccc21. The molecule has 5 aromatic rings. The quantitative estimate of drug-likeness (QED) is 0.381. The zero-order valence-corrected chi connectivity index (χ0v) is 17.5. The Bertz CT molecular complexity index is 1360. The second kappa shape index (κ2) is 8.16. The van der Waals surface area contributed by atoms with Crippen molar-refractivity contribution in [1.29, 1.82) is 0 Å². The Balaban J connectivity index is 1.49. The maximum Gasteiger partial charge on any atom is 0.0965 e. The molecule has 1 heterocycles. The molecule has 0 amide bonds. The molecular formula is C27H26N2O2. The van der Waals surface area contributed by atoms with Gasteiger partial charge in [0.25, 0.3) is 0 Å². The second-order valence-electron chi connectivity index (χ2n) is 8.12. The lowest BCUT2D eigenvalue weighted by atomic mass is 10.0. The summed E-state index contributed by atoms with van der Waals surface area (Å²) in [6, 6.07) is 28.4. The third-order valence-electron chi connectivity index (χ3n) is 6.25. The first-order chi connectivity index (χ1) is 15.2. The summed E-state index contributed by atoms with van der Waals surface area (Å²) in [5, 5.41) is 28.8. The molecule has 0 aliphatic rings. The number of aliphatic hydroxyl groups excluding tert-OH is 2. The Morgan fingerprint density at radius 1 is 0.839 bits per heavy atom. The summed E-state index contributed by atoms with van der Waals surface area (Å²) < 4.78 is 2.24. The van der Waals surface area contributed by atoms with Gasteiger partial charge in [-0.25, -0.2) is 0 Å². The van der Waals surface area contributed by atoms with Gasteiger partial charge in [-0.05, 0) is 40.1 Å². The fourth-order valence-electron chi connectivity index (χ4n) is 4.55. The van der Waals surface area contributed by atoms with E-state index in [9.17, 15) is 10.2 Å². The second-order valence-corrected chi connectivity index (χ2v) is 8.12. The smallest absolute Gasteiger partial charge is 0.0965 e. The van der Waals surface area contributed by atoms with E-state index >= 15 is 0 Å². The monoisotopic (exact) mass is 410 g/mol. The minimum absolute atomic E-state index is 0.142. The first-order valence-corrected chi connectivity index (χ1v) is 10.6. The first-order valence-electron chi connectivity index (χ1n) is 10.6. The number of nitrogens with one attached hydrogen (secondary N) is 1. The Morgan fingerprint density at radius 3 is 2.39 bits per heavy atom. The van der Waals surface area contributed by atoms with Crippen molar-refractivity contribution >= 4 is 32.6 Å². The lowest BCUT2D eigenvalue weighted by molar-refractivity contribution is 0.0892. The minimum atomic E-state index is -0.767. The first kappa shape index (κ1) is 19.8. The highest BCUT2D eigenvalue weighted by atomic mass is 16.3. The molecule has 3 N–H and O–H groups in total. The number of fused-ring (bicyclic) bond motifs is 5. The molecule has 0 fully saturated rings. The average Bonchev–Trinajstić information content (AvgIpc) is 3.11. The number of nitrogens with zero attached hydrogens (tertiary/aromatic N) is 1. The maximum atomic E-state index is 10.7. The van der Waals surface area contributed by atoms with E-state index in [1.807, 2.05) is 30.3 Å². The van der Waals surface area contributed by atoms with Crippen LogP contribution in [0, 0.1) is 0 Å². The van der Waals surface area contributed by atoms with Gasteiger partial charge in [-0.15, -0.1) is 0 Å². The van der Waals surface area contributed by atoms with E-state index in [1.165, 1.54) is 32.6 Å². The van der Waals surface area contributed by atoms with Crippen LogP contribution in [0.15, 0.2) is 84.9 Å². The van der Waals surface area contributed by atoms with Gasteiger partial charge in [0.1, 0.15) is 0 Å². The Kier molecular flexibility index (Phi) is 5.20. The zero-order chi connectivity index (χ0) is 21.4. The molecule has 0 aliphatic heterocycles. The van der Waals surface area contributed by atoms with Crippen molar-refractivity contribution in [3.8, 4) is 0 Å². The highest BCUT2D eigenvalue weighted by Crippen LogP contribution is 2.34. The lowest BCUT2D eigenvalue weighted by Gasteiger charge is -2.22. The lowest BCUT2D eigenvalue weighted by Crippen LogP contribution is -2.37. The Labute approximate surface area is 181 Å². The average molecular weight is 411 g/mol. The molecule has 31 heavy (non-hydrogen) atoms. The van der Waals surface area contributed by atoms with Gasteiger partial charge in [0.2, 0.25) is 0 Å². The van der Waals surface area contributed by atoms with E-state index in [1.54, 1.807) is 0 Å². The van der Waals surface area contributed by atoms with Crippen molar-refractivity contribution < 1.29 is 10.2 Å². The fourth-order valence-corrected chi connectivity index (χ4v) is 4.55. The van der Waals surface area contributed by atoms with Gasteiger partial charge in [0, 0.05) is 35.4 Å². The Morgan fingerprint density at radius 2 is 1.58 bits per heavy atom. The molecule has 1 aromatic heterocycles. The van der Waals surface area contributed by atoms with Crippen molar-refractivity contribution in [1.82, 2.24) is 9.88 Å². The van der Waals surface area contributed by atoms with Crippen LogP contribution >= 0.6 is 0 Å². The van der Waals surface area contributed by atoms with E-state index < -0.39 is 12.1 Å². The molecule has 0 unspecified atom stereocenters. The number of aryl methyl sites for hydroxylation is 1. The maximum absolute atomic E-state index is 10.7. The molecular weight excluding hydrogens is 384 g/mol. The van der Waals surface area contributed by atoms with Crippen LogP contribution in [0.25, 0.3) is 32.6 Å². The topological polar surface area (TPSA) is 57.4 Å². The Hall–Kier alpha value is -3.18. The zero-order valence-electron chi connectivity index (χ0n) is 17.5. The predicted octanol–water partition coefficient (Wildman–Crippen LogP) is 4.67. The summed E-state index contributed by atoms with van der Waals surface area (Å²) in [6.45, 7) is 0.420. The summed E-state index contributed by atoms with van der Waals surface area (Å²) in [7, 11) is 2.11. The number of aliphatic hydroxyl groups is 2. The molecule has 4 aromatic carbocycles. The largest absolute Gasteiger partial charge is 0.395 e. The molecule has 0 spiro atoms. The summed E-state index contributed by atoms with van der Waals surface area (Å²) in [6.07, 6.45) is -0.767. The third kappa shape index (κ3) is 3.49. The van der Waals surface area contributed by atoms with Crippen molar-refractivity contribution in [2.45, 2.75) is 18.7 Å². The van der Waals surface area contributed by atoms with Gasteiger partial charge in [-0.2, -0.15) is 0 Å². The van der Waals surface area contributed by atoms with E-state index in [-0.39, 0.29) is 6.61 Å². The number of hydrogen-bond donors (Lipinski definition) is 3. The van der Waals surface area contributed by atoms with Crippen LogP contribution in [0.5, 0.6) is 0 Å². The normalized spacial score (nSPS) is 13.8. The van der Waals surface area contributed by atoms with E-state index in [2.05, 4.69) is 71.5 Å². The van der Waals surface area contributed by atoms with Crippen LogP contribution in [0.4, 0.5) is 0 Å². The molecule has 5 rings (SSSR count). The number of aromatic nitrogens is 1. The third-order valence-corrected chi connectivity index (χ3v) is 6.25. The molecule has 0 saturated carbocycles. The van der Waals surface area contributed by atoms with Gasteiger partial charge >= 0.3 is 0 Å². The van der Waals surface area contributed by atoms with Gasteiger partial charge in [-0.3, -0.25) is 0 Å². The summed E-state index contributed by atoms with van der Waals surface area (Å²) >= 11 is 0. The molecule has 0 bridgehead atoms. The summed E-state index contributed by atoms with van der Waals surface area (Å²) in [5.74, 6) is 0. The van der Waals surface area contributed by atoms with Crippen LogP contribution < -0.4 is 5.32 Å². The van der Waals surface area contributed by atoms with Crippen LogP contribution in [-0.2, 0) is 13.6 Å². The van der Waals surface area contributed by atoms with E-state index in [4.69, 9.17) is 0 Å². The van der Waals surface area contributed by atoms with Gasteiger partial charge in [-0.1, -0.05) is 66.7 Å². The van der Waals surface area contributed by atoms with Crippen molar-refractivity contribution in [3.63, 3.8) is 0 Å². The number of rotatable bonds is 6. The summed E-state index contributed by atoms with van der Waals surface area (Å²) in [5.41, 5.74) is 4.32. The molecule has 0 radical (unpaired) electrons. The molecule has 2 atom stereocenters. The van der Waals surface area contributed by atoms with Gasteiger partial charge in [0.15, 0.2) is 0 Å². The standard InChI is InChI=1S/C27H26N2O2/c1-29-24-13-11-18(16-28-23(17-30)27(31)20-8-3-2-4-9-20)15-22(24)26-21-10-6-5-7-19(21)12-14-25(26)29/h2-15,23,27-28,30-31H,16-17H2,1H3/t23-,27-/m0/s1. The van der Waals surface area contributed by atoms with Crippen molar-refractivity contribution in [3.05, 3.63) is 96.1 Å². The van der Waals surface area contributed by atoms with Crippen LogP contribution in [-0.4, -0.2) is 27.4 Å². The van der Waals surface area contributed by atoms with E-state index in [0.29, 0.717) is 6.54 Å². The highest BCUT2D eigenvalue weighted by Gasteiger charge is 2.20. The predicted molar refractivity (Wildman–Crippen MR) is 127 cm³/mol. The van der Waals surface area contributed by atoms with E-state index in [0.717, 1.165) is 11.1 Å². The fraction of sp³-hybridized carbons (Fsp3) is 0.185. The molecule has 0 saturated heterocycles. The number of benzene rings is 4. The van der Waals surface area contributed by atoms with Crippen molar-refractivity contribution in [2.75, 3.05) is 6.61 Å². The number of hydrogen-bond acceptors (Lipinski definition) is 3. The van der Waals surface area contributed by atoms with Crippen LogP contribution in [0.2, 0.25) is 0 Å². The van der Waals surface area contributed by atoms with Gasteiger partial charge < -0.3 is 20.1 Å². The van der Waals surface area contributed by atoms with Crippen LogP contribution in [0.1, 0.15) is 17.2 Å².